The summed E-state index contributed by atoms with van der Waals surface area (Å²) in [6, 6.07) is 7.68. The number of aliphatic hydroxyl groups excluding tert-OH is 1. The second-order valence-corrected chi connectivity index (χ2v) is 16.4. The number of imidazole rings is 1. The number of unbranched alkanes of at least 4 members (excludes halogenated alkanes) is 3. The summed E-state index contributed by atoms with van der Waals surface area (Å²) in [5, 5.41) is 15.3. The number of hydrogen-bond acceptors (Lipinski definition) is 9. The summed E-state index contributed by atoms with van der Waals surface area (Å²) in [4.78, 5) is 105. The van der Waals surface area contributed by atoms with Crippen molar-refractivity contribution in [1.82, 2.24) is 25.5 Å². The Kier molecular flexibility index (Phi) is 20.2. The molecule has 0 bridgehead atoms. The number of aryl methyl sites for hydroxylation is 1. The van der Waals surface area contributed by atoms with Gasteiger partial charge in [0.1, 0.15) is 6.04 Å². The van der Waals surface area contributed by atoms with E-state index in [0.29, 0.717) is 18.7 Å². The quantitative estimate of drug-likeness (QED) is 0.0509. The van der Waals surface area contributed by atoms with Gasteiger partial charge >= 0.3 is 7.60 Å². The van der Waals surface area contributed by atoms with Crippen molar-refractivity contribution in [2.24, 2.45) is 29.4 Å². The van der Waals surface area contributed by atoms with Gasteiger partial charge in [0.2, 0.25) is 23.6 Å². The van der Waals surface area contributed by atoms with Crippen LogP contribution >= 0.6 is 7.60 Å². The number of carbonyl (C=O) groups excluding carboxylic acids is 6. The average Bonchev–Trinajstić information content (AvgIpc) is 3.62. The third kappa shape index (κ3) is 18.3. The molecule has 0 radical (unpaired) electrons. The molecule has 8 N–H and O–H groups in total. The molecule has 4 amide bonds. The zero-order chi connectivity index (χ0) is 41.1. The number of primary amides is 1. The molecule has 2 rings (SSSR count). The van der Waals surface area contributed by atoms with E-state index in [0.717, 1.165) is 25.7 Å². The molecule has 0 fully saturated rings. The van der Waals surface area contributed by atoms with E-state index < -0.39 is 85.9 Å². The Morgan fingerprint density at radius 1 is 0.927 bits per heavy atom. The Bertz CT molecular complexity index is 1580. The Hall–Kier alpha value is -4.24. The van der Waals surface area contributed by atoms with Crippen molar-refractivity contribution < 1.29 is 48.2 Å². The number of Topliss-reactive ketones (excluding diaryl/α,β-unsaturated/α-hetero) is 2. The highest BCUT2D eigenvalue weighted by molar-refractivity contribution is 7.51. The lowest BCUT2D eigenvalue weighted by Gasteiger charge is -2.26. The molecule has 0 unspecified atom stereocenters. The Balaban J connectivity index is 2.10. The summed E-state index contributed by atoms with van der Waals surface area (Å²) in [5.74, 6) is -7.16. The minimum atomic E-state index is -4.54. The van der Waals surface area contributed by atoms with Crippen molar-refractivity contribution in [3.8, 4) is 0 Å². The summed E-state index contributed by atoms with van der Waals surface area (Å²) in [6.07, 6.45) is 5.99. The van der Waals surface area contributed by atoms with Gasteiger partial charge in [-0.15, -0.1) is 0 Å². The van der Waals surface area contributed by atoms with E-state index in [1.807, 2.05) is 32.0 Å². The van der Waals surface area contributed by atoms with Crippen molar-refractivity contribution in [2.45, 2.75) is 97.6 Å². The predicted molar refractivity (Wildman–Crippen MR) is 205 cm³/mol. The lowest BCUT2D eigenvalue weighted by Crippen LogP contribution is -2.50. The van der Waals surface area contributed by atoms with Crippen molar-refractivity contribution in [1.29, 1.82) is 0 Å². The van der Waals surface area contributed by atoms with Crippen LogP contribution in [0.5, 0.6) is 0 Å². The largest absolute Gasteiger partial charge is 0.394 e. The zero-order valence-corrected chi connectivity index (χ0v) is 33.2. The van der Waals surface area contributed by atoms with Gasteiger partial charge in [-0.1, -0.05) is 63.9 Å². The lowest BCUT2D eigenvalue weighted by molar-refractivity contribution is -0.136. The number of aromatic amines is 1. The van der Waals surface area contributed by atoms with E-state index in [-0.39, 0.29) is 37.6 Å². The van der Waals surface area contributed by atoms with Gasteiger partial charge in [-0.2, -0.15) is 0 Å². The van der Waals surface area contributed by atoms with Crippen LogP contribution in [0.1, 0.15) is 83.9 Å². The zero-order valence-electron chi connectivity index (χ0n) is 32.3. The van der Waals surface area contributed by atoms with Crippen molar-refractivity contribution >= 4 is 42.8 Å². The molecule has 1 aromatic heterocycles. The van der Waals surface area contributed by atoms with Gasteiger partial charge in [-0.25, -0.2) is 4.98 Å². The van der Waals surface area contributed by atoms with E-state index in [2.05, 4.69) is 32.7 Å². The van der Waals surface area contributed by atoms with Crippen molar-refractivity contribution in [3.05, 3.63) is 54.1 Å². The summed E-state index contributed by atoms with van der Waals surface area (Å²) in [6.45, 7) is 5.78. The maximum absolute atomic E-state index is 13.8. The number of nitrogens with one attached hydrogen (secondary N) is 3. The average molecular weight is 791 g/mol. The Labute approximate surface area is 323 Å². The van der Waals surface area contributed by atoms with E-state index in [4.69, 9.17) is 5.73 Å². The molecule has 55 heavy (non-hydrogen) atoms. The topological polar surface area (TPSA) is 262 Å². The van der Waals surface area contributed by atoms with Crippen LogP contribution in [0.2, 0.25) is 0 Å². The van der Waals surface area contributed by atoms with Gasteiger partial charge in [0.25, 0.3) is 0 Å². The smallest absolute Gasteiger partial charge is 0.325 e. The summed E-state index contributed by atoms with van der Waals surface area (Å²) in [5.41, 5.74) is 7.20. The molecule has 0 saturated carbocycles. The maximum atomic E-state index is 13.8. The van der Waals surface area contributed by atoms with Crippen LogP contribution in [0, 0.1) is 23.7 Å². The normalized spacial score (nSPS) is 14.3. The Morgan fingerprint density at radius 3 is 2.15 bits per heavy atom. The van der Waals surface area contributed by atoms with Crippen LogP contribution in [0.3, 0.4) is 0 Å². The van der Waals surface area contributed by atoms with Crippen LogP contribution in [-0.2, 0) is 46.2 Å². The van der Waals surface area contributed by atoms with Crippen LogP contribution in [0.4, 0.5) is 0 Å². The molecule has 0 aliphatic rings. The number of aliphatic hydroxyl groups is 1. The maximum Gasteiger partial charge on any atom is 0.325 e. The first-order valence-corrected chi connectivity index (χ1v) is 20.6. The van der Waals surface area contributed by atoms with Gasteiger partial charge in [0, 0.05) is 50.5 Å². The molecular formula is C38H59N6O10P. The standard InChI is InChI=1S/C38H59N6O10P/c1-25(2)16-32(42-36(49)21-44(27(4)46)15-11-6-5-8-12-28-13-9-7-10-14-28)34(47)18-29(17-30-20-40-24-41-30)38(51)43-33(22-45)35(48)19-31(37(39)50)26(3)23-55(52,53)54/h7,9-10,13-14,20,24-26,29,31-33,45H,5-6,8,11-12,15-19,21-23H2,1-4H3,(H2,39,50)(H,40,41)(H,42,49)(H,43,51)(H2,52,53,54)/t26-,29+,31-,32-,33-/m0/s1. The SMILES string of the molecule is CC(=O)N(CCCCCCc1ccccc1)CC(=O)N[C@@H](CC(C)C)C(=O)C[C@@H](Cc1cnc[nH]1)C(=O)N[C@@H](CO)C(=O)C[C@H](C(N)=O)[C@@H](C)CP(=O)(O)O. The molecule has 2 aromatic rings. The fourth-order valence-electron chi connectivity index (χ4n) is 6.40. The molecule has 0 spiro atoms. The minimum absolute atomic E-state index is 0.0149. The monoisotopic (exact) mass is 790 g/mol. The number of hydrogen-bond donors (Lipinski definition) is 7. The van der Waals surface area contributed by atoms with E-state index >= 15 is 0 Å². The first kappa shape index (κ1) is 46.9. The first-order chi connectivity index (χ1) is 25.9. The Morgan fingerprint density at radius 2 is 1.58 bits per heavy atom. The molecule has 306 valence electrons. The number of rotatable bonds is 27. The second kappa shape index (κ2) is 23.6. The molecule has 1 heterocycles. The highest BCUT2D eigenvalue weighted by Crippen LogP contribution is 2.39. The number of aromatic nitrogens is 2. The van der Waals surface area contributed by atoms with Gasteiger partial charge in [-0.3, -0.25) is 33.3 Å². The molecule has 17 heteroatoms. The minimum Gasteiger partial charge on any atom is -0.394 e. The van der Waals surface area contributed by atoms with Crippen LogP contribution in [0.15, 0.2) is 42.9 Å². The molecule has 0 aliphatic heterocycles. The highest BCUT2D eigenvalue weighted by Gasteiger charge is 2.35. The number of nitrogens with zero attached hydrogens (tertiary/aromatic N) is 2. The number of H-pyrrole nitrogens is 1. The molecule has 0 saturated heterocycles. The summed E-state index contributed by atoms with van der Waals surface area (Å²) in [7, 11) is -4.54. The molecule has 5 atom stereocenters. The molecule has 1 aromatic carbocycles. The van der Waals surface area contributed by atoms with Crippen molar-refractivity contribution in [2.75, 3.05) is 25.9 Å². The van der Waals surface area contributed by atoms with Gasteiger partial charge in [0.05, 0.1) is 37.6 Å². The third-order valence-corrected chi connectivity index (χ3v) is 10.5. The second-order valence-electron chi connectivity index (χ2n) is 14.7. The highest BCUT2D eigenvalue weighted by atomic mass is 31.2. The predicted octanol–water partition coefficient (Wildman–Crippen LogP) is 2.06. The first-order valence-electron chi connectivity index (χ1n) is 18.8. The van der Waals surface area contributed by atoms with Gasteiger partial charge in [0.15, 0.2) is 11.6 Å². The van der Waals surface area contributed by atoms with E-state index in [1.165, 1.54) is 36.8 Å². The summed E-state index contributed by atoms with van der Waals surface area (Å²) >= 11 is 0. The molecule has 0 aliphatic carbocycles. The summed E-state index contributed by atoms with van der Waals surface area (Å²) < 4.78 is 11.5. The number of carbonyl (C=O) groups is 6. The fraction of sp³-hybridized carbons (Fsp3) is 0.605. The number of ketones is 2. The number of amides is 4. The van der Waals surface area contributed by atoms with Crippen LogP contribution < -0.4 is 16.4 Å². The number of benzene rings is 1. The fourth-order valence-corrected chi connectivity index (χ4v) is 7.40. The van der Waals surface area contributed by atoms with E-state index in [1.54, 1.807) is 0 Å². The number of nitrogens with two attached hydrogens (primary N) is 1. The van der Waals surface area contributed by atoms with E-state index in [9.17, 15) is 48.2 Å². The lowest BCUT2D eigenvalue weighted by atomic mass is 9.87. The molecule has 16 nitrogen and oxygen atoms in total. The van der Waals surface area contributed by atoms with Crippen LogP contribution in [0.25, 0.3) is 0 Å². The van der Waals surface area contributed by atoms with Crippen LogP contribution in [-0.4, -0.2) is 103 Å². The van der Waals surface area contributed by atoms with Gasteiger partial charge < -0.3 is 41.1 Å². The third-order valence-electron chi connectivity index (χ3n) is 9.42. The van der Waals surface area contributed by atoms with Gasteiger partial charge in [-0.05, 0) is 43.1 Å². The molecular weight excluding hydrogens is 731 g/mol. The van der Waals surface area contributed by atoms with Crippen molar-refractivity contribution in [3.63, 3.8) is 0 Å².